The summed E-state index contributed by atoms with van der Waals surface area (Å²) in [5.41, 5.74) is 3.16. The number of benzene rings is 2. The van der Waals surface area contributed by atoms with Crippen molar-refractivity contribution in [3.8, 4) is 11.5 Å². The number of hydrogen-bond acceptors (Lipinski definition) is 7. The van der Waals surface area contributed by atoms with Crippen LogP contribution in [0, 0.1) is 17.0 Å². The first-order chi connectivity index (χ1) is 16.9. The van der Waals surface area contributed by atoms with E-state index in [0.717, 1.165) is 31.4 Å². The minimum absolute atomic E-state index is 0.0663. The molecule has 3 aromatic rings. The van der Waals surface area contributed by atoms with Gasteiger partial charge < -0.3 is 9.84 Å². The molecule has 0 aliphatic carbocycles. The number of phenols is 1. The van der Waals surface area contributed by atoms with E-state index < -0.39 is 4.92 Å². The van der Waals surface area contributed by atoms with Crippen molar-refractivity contribution in [3.63, 3.8) is 0 Å². The van der Waals surface area contributed by atoms with Crippen molar-refractivity contribution in [3.05, 3.63) is 98.5 Å². The summed E-state index contributed by atoms with van der Waals surface area (Å²) in [5, 5.41) is 22.0. The minimum atomic E-state index is -0.480. The van der Waals surface area contributed by atoms with Crippen LogP contribution in [0.25, 0.3) is 6.08 Å². The van der Waals surface area contributed by atoms with Crippen LogP contribution in [0.1, 0.15) is 57.9 Å². The molecule has 0 radical (unpaired) electrons. The highest BCUT2D eigenvalue weighted by atomic mass is 16.6. The zero-order chi connectivity index (χ0) is 24.5. The van der Waals surface area contributed by atoms with Gasteiger partial charge in [-0.15, -0.1) is 0 Å². The molecule has 0 saturated carbocycles. The van der Waals surface area contributed by atoms with Gasteiger partial charge in [0.2, 0.25) is 5.78 Å². The van der Waals surface area contributed by atoms with Crippen LogP contribution in [-0.4, -0.2) is 32.2 Å². The third-order valence-corrected chi connectivity index (χ3v) is 6.64. The Labute approximate surface area is 202 Å². The van der Waals surface area contributed by atoms with Crippen LogP contribution in [-0.2, 0) is 6.54 Å². The summed E-state index contributed by atoms with van der Waals surface area (Å²) in [5.74, 6) is 0.228. The number of nitrogens with zero attached hydrogens (tertiary/aromatic N) is 3. The number of pyridine rings is 1. The van der Waals surface area contributed by atoms with Crippen LogP contribution in [0.2, 0.25) is 0 Å². The van der Waals surface area contributed by atoms with Crippen LogP contribution in [0.3, 0.4) is 0 Å². The molecule has 1 N–H and O–H groups in total. The second-order valence-electron chi connectivity index (χ2n) is 8.96. The number of allylic oxidation sites excluding steroid dienone is 1. The molecular weight excluding hydrogens is 446 g/mol. The van der Waals surface area contributed by atoms with Crippen molar-refractivity contribution in [1.82, 2.24) is 9.88 Å². The molecule has 0 unspecified atom stereocenters. The van der Waals surface area contributed by atoms with Crippen LogP contribution in [0.15, 0.2) is 60.6 Å². The molecule has 2 aromatic carbocycles. The van der Waals surface area contributed by atoms with E-state index in [9.17, 15) is 20.0 Å². The van der Waals surface area contributed by atoms with E-state index in [-0.39, 0.29) is 29.0 Å². The molecular formula is C27H25N3O5. The number of Topliss-reactive ketones (excluding diaryl/α,β-unsaturated/α-hetero) is 1. The number of hydrogen-bond donors (Lipinski definition) is 1. The number of carbonyl (C=O) groups is 1. The molecule has 0 amide bonds. The Kier molecular flexibility index (Phi) is 6.05. The molecule has 1 atom stereocenters. The molecule has 1 saturated heterocycles. The molecule has 0 spiro atoms. The number of aryl methyl sites for hydroxylation is 1. The van der Waals surface area contributed by atoms with Crippen LogP contribution >= 0.6 is 0 Å². The molecule has 1 aromatic heterocycles. The molecule has 5 rings (SSSR count). The van der Waals surface area contributed by atoms with Crippen LogP contribution in [0.5, 0.6) is 11.5 Å². The smallest absolute Gasteiger partial charge is 0.270 e. The number of piperidine rings is 1. The third-order valence-electron chi connectivity index (χ3n) is 6.64. The van der Waals surface area contributed by atoms with Gasteiger partial charge in [-0.1, -0.05) is 24.6 Å². The van der Waals surface area contributed by atoms with Gasteiger partial charge in [0, 0.05) is 37.1 Å². The van der Waals surface area contributed by atoms with E-state index in [2.05, 4.69) is 16.0 Å². The predicted molar refractivity (Wildman–Crippen MR) is 130 cm³/mol. The van der Waals surface area contributed by atoms with Gasteiger partial charge in [-0.05, 0) is 61.2 Å². The van der Waals surface area contributed by atoms with Crippen molar-refractivity contribution >= 4 is 17.5 Å². The quantitative estimate of drug-likeness (QED) is 0.304. The number of phenolic OH excluding ortho intramolecular Hbond substituents is 1. The molecule has 178 valence electrons. The molecule has 2 aliphatic heterocycles. The Hall–Kier alpha value is -4.04. The summed E-state index contributed by atoms with van der Waals surface area (Å²) in [4.78, 5) is 30.5. The molecule has 2 aliphatic rings. The van der Waals surface area contributed by atoms with E-state index in [0.29, 0.717) is 34.5 Å². The molecule has 8 heteroatoms. The monoisotopic (exact) mass is 471 g/mol. The lowest BCUT2D eigenvalue weighted by Gasteiger charge is -2.36. The van der Waals surface area contributed by atoms with Gasteiger partial charge in [0.05, 0.1) is 16.1 Å². The predicted octanol–water partition coefficient (Wildman–Crippen LogP) is 5.35. The number of rotatable bonds is 5. The van der Waals surface area contributed by atoms with E-state index in [1.165, 1.54) is 18.2 Å². The lowest BCUT2D eigenvalue weighted by molar-refractivity contribution is -0.384. The number of ether oxygens (including phenoxy) is 1. The average molecular weight is 472 g/mol. The second kappa shape index (κ2) is 9.31. The summed E-state index contributed by atoms with van der Waals surface area (Å²) in [6.45, 7) is 3.04. The van der Waals surface area contributed by atoms with Gasteiger partial charge in [0.25, 0.3) is 5.69 Å². The highest BCUT2D eigenvalue weighted by Crippen LogP contribution is 2.44. The number of ketones is 1. The van der Waals surface area contributed by atoms with Crippen molar-refractivity contribution in [2.75, 3.05) is 6.54 Å². The van der Waals surface area contributed by atoms with Gasteiger partial charge >= 0.3 is 0 Å². The SMILES string of the molecule is Cc1cc(O)c(CN2CCCC[C@H]2c2cccnc2)c2c1C(=O)/C(=C/c1cccc([N+](=O)[O-])c1)O2. The zero-order valence-electron chi connectivity index (χ0n) is 19.3. The van der Waals surface area contributed by atoms with E-state index in [4.69, 9.17) is 4.74 Å². The van der Waals surface area contributed by atoms with Gasteiger partial charge in [0.1, 0.15) is 11.5 Å². The maximum atomic E-state index is 13.3. The fourth-order valence-corrected chi connectivity index (χ4v) is 4.95. The lowest BCUT2D eigenvalue weighted by Crippen LogP contribution is -2.33. The van der Waals surface area contributed by atoms with Gasteiger partial charge in [0.15, 0.2) is 5.76 Å². The first kappa shape index (κ1) is 22.7. The largest absolute Gasteiger partial charge is 0.507 e. The number of non-ortho nitro benzene ring substituents is 1. The van der Waals surface area contributed by atoms with E-state index >= 15 is 0 Å². The lowest BCUT2D eigenvalue weighted by atomic mass is 9.94. The first-order valence-corrected chi connectivity index (χ1v) is 11.6. The number of nitro benzene ring substituents is 1. The summed E-state index contributed by atoms with van der Waals surface area (Å²) >= 11 is 0. The highest BCUT2D eigenvalue weighted by molar-refractivity contribution is 6.15. The number of nitro groups is 1. The minimum Gasteiger partial charge on any atom is -0.507 e. The number of aromatic hydroxyl groups is 1. The first-order valence-electron chi connectivity index (χ1n) is 11.6. The zero-order valence-corrected chi connectivity index (χ0v) is 19.3. The van der Waals surface area contributed by atoms with Crippen LogP contribution < -0.4 is 4.74 Å². The topological polar surface area (TPSA) is 106 Å². The average Bonchev–Trinajstić information content (AvgIpc) is 3.18. The van der Waals surface area contributed by atoms with Gasteiger partial charge in [-0.2, -0.15) is 0 Å². The summed E-state index contributed by atoms with van der Waals surface area (Å²) in [6, 6.07) is 11.8. The molecule has 3 heterocycles. The Morgan fingerprint density at radius 2 is 2.11 bits per heavy atom. The number of likely N-dealkylation sites (tertiary alicyclic amines) is 1. The molecule has 1 fully saturated rings. The van der Waals surface area contributed by atoms with Crippen molar-refractivity contribution in [2.45, 2.75) is 38.8 Å². The Morgan fingerprint density at radius 1 is 1.26 bits per heavy atom. The number of carbonyl (C=O) groups excluding carboxylic acids is 1. The fourth-order valence-electron chi connectivity index (χ4n) is 4.95. The Balaban J connectivity index is 1.50. The van der Waals surface area contributed by atoms with Gasteiger partial charge in [-0.25, -0.2) is 0 Å². The van der Waals surface area contributed by atoms with Gasteiger partial charge in [-0.3, -0.25) is 24.8 Å². The van der Waals surface area contributed by atoms with E-state index in [1.807, 2.05) is 12.3 Å². The summed E-state index contributed by atoms with van der Waals surface area (Å²) in [6.07, 6.45) is 8.28. The third kappa shape index (κ3) is 4.40. The molecule has 0 bridgehead atoms. The Morgan fingerprint density at radius 3 is 2.89 bits per heavy atom. The fraction of sp³-hybridized carbons (Fsp3) is 0.259. The van der Waals surface area contributed by atoms with Crippen molar-refractivity contribution < 1.29 is 19.6 Å². The molecule has 35 heavy (non-hydrogen) atoms. The Bertz CT molecular complexity index is 1340. The normalized spacial score (nSPS) is 18.9. The number of fused-ring (bicyclic) bond motifs is 1. The summed E-state index contributed by atoms with van der Waals surface area (Å²) in [7, 11) is 0. The standard InChI is InChI=1S/C27H25N3O5/c1-17-12-23(31)21(16-29-11-3-2-9-22(29)19-7-5-10-28-15-19)27-25(17)26(32)24(35-27)14-18-6-4-8-20(13-18)30(33)34/h4-8,10,12-15,22,31H,2-3,9,11,16H2,1H3/b24-14-/t22-/m0/s1. The van der Waals surface area contributed by atoms with Crippen LogP contribution in [0.4, 0.5) is 5.69 Å². The number of aromatic nitrogens is 1. The summed E-state index contributed by atoms with van der Waals surface area (Å²) < 4.78 is 6.04. The van der Waals surface area contributed by atoms with E-state index in [1.54, 1.807) is 31.3 Å². The highest BCUT2D eigenvalue weighted by Gasteiger charge is 2.35. The van der Waals surface area contributed by atoms with Crippen molar-refractivity contribution in [2.24, 2.45) is 0 Å². The van der Waals surface area contributed by atoms with Crippen molar-refractivity contribution in [1.29, 1.82) is 0 Å². The maximum Gasteiger partial charge on any atom is 0.270 e. The second-order valence-corrected chi connectivity index (χ2v) is 8.96. The maximum absolute atomic E-state index is 13.3. The molecule has 8 nitrogen and oxygen atoms in total.